The standard InChI is InChI=1S/C17H31N3S/c1-5-14-7-9-20(10-8-14)17-19-15(6-2)16(21-17)12-18-11-13(3)4/h13-14,18H,5-12H2,1-4H3. The lowest BCUT2D eigenvalue weighted by atomic mass is 9.95. The first kappa shape index (κ1) is 16.8. The van der Waals surface area contributed by atoms with Crippen LogP contribution in [0.15, 0.2) is 0 Å². The van der Waals surface area contributed by atoms with Gasteiger partial charge in [0.25, 0.3) is 0 Å². The molecule has 0 amide bonds. The molecule has 0 unspecified atom stereocenters. The van der Waals surface area contributed by atoms with Crippen molar-refractivity contribution in [1.82, 2.24) is 10.3 Å². The molecule has 0 aliphatic carbocycles. The van der Waals surface area contributed by atoms with E-state index in [4.69, 9.17) is 4.98 Å². The summed E-state index contributed by atoms with van der Waals surface area (Å²) in [5.74, 6) is 1.63. The second-order valence-corrected chi connectivity index (χ2v) is 7.65. The van der Waals surface area contributed by atoms with Gasteiger partial charge < -0.3 is 10.2 Å². The number of nitrogens with zero attached hydrogens (tertiary/aromatic N) is 2. The van der Waals surface area contributed by atoms with Gasteiger partial charge in [0.2, 0.25) is 0 Å². The molecule has 120 valence electrons. The minimum Gasteiger partial charge on any atom is -0.348 e. The third kappa shape index (κ3) is 4.68. The van der Waals surface area contributed by atoms with E-state index in [0.29, 0.717) is 5.92 Å². The van der Waals surface area contributed by atoms with Crippen molar-refractivity contribution in [2.45, 2.75) is 59.9 Å². The molecule has 1 saturated heterocycles. The summed E-state index contributed by atoms with van der Waals surface area (Å²) in [6.07, 6.45) is 5.04. The maximum absolute atomic E-state index is 4.91. The van der Waals surface area contributed by atoms with Gasteiger partial charge in [-0.1, -0.05) is 34.1 Å². The van der Waals surface area contributed by atoms with Crippen molar-refractivity contribution in [2.24, 2.45) is 11.8 Å². The lowest BCUT2D eigenvalue weighted by Crippen LogP contribution is -2.33. The Balaban J connectivity index is 1.96. The average Bonchev–Trinajstić information content (AvgIpc) is 2.90. The number of thiazole rings is 1. The number of nitrogens with one attached hydrogen (secondary N) is 1. The van der Waals surface area contributed by atoms with E-state index in [2.05, 4.69) is 37.9 Å². The summed E-state index contributed by atoms with van der Waals surface area (Å²) < 4.78 is 0. The second kappa shape index (κ2) is 8.14. The van der Waals surface area contributed by atoms with Crippen LogP contribution in [0.25, 0.3) is 0 Å². The van der Waals surface area contributed by atoms with Gasteiger partial charge in [-0.15, -0.1) is 11.3 Å². The van der Waals surface area contributed by atoms with E-state index in [9.17, 15) is 0 Å². The molecule has 0 bridgehead atoms. The molecule has 1 aliphatic heterocycles. The van der Waals surface area contributed by atoms with Crippen LogP contribution < -0.4 is 10.2 Å². The van der Waals surface area contributed by atoms with Gasteiger partial charge in [0, 0.05) is 24.5 Å². The average molecular weight is 310 g/mol. The number of aryl methyl sites for hydroxylation is 1. The summed E-state index contributed by atoms with van der Waals surface area (Å²) >= 11 is 1.90. The number of rotatable bonds is 7. The highest BCUT2D eigenvalue weighted by molar-refractivity contribution is 7.15. The van der Waals surface area contributed by atoms with Crippen LogP contribution in [0.4, 0.5) is 5.13 Å². The van der Waals surface area contributed by atoms with E-state index in [1.54, 1.807) is 0 Å². The van der Waals surface area contributed by atoms with Gasteiger partial charge in [0.15, 0.2) is 5.13 Å². The lowest BCUT2D eigenvalue weighted by molar-refractivity contribution is 0.395. The molecule has 0 aromatic carbocycles. The number of aromatic nitrogens is 1. The molecule has 1 aromatic rings. The first-order chi connectivity index (χ1) is 10.1. The van der Waals surface area contributed by atoms with Crippen molar-refractivity contribution in [1.29, 1.82) is 0 Å². The summed E-state index contributed by atoms with van der Waals surface area (Å²) in [5, 5.41) is 4.81. The molecule has 0 spiro atoms. The third-order valence-corrected chi connectivity index (χ3v) is 5.56. The summed E-state index contributed by atoms with van der Waals surface area (Å²) in [4.78, 5) is 8.84. The van der Waals surface area contributed by atoms with Crippen LogP contribution in [0.1, 0.15) is 57.5 Å². The predicted octanol–water partition coefficient (Wildman–Crippen LogP) is 4.08. The molecule has 0 atom stereocenters. The Morgan fingerprint density at radius 3 is 2.57 bits per heavy atom. The quantitative estimate of drug-likeness (QED) is 0.822. The fourth-order valence-electron chi connectivity index (χ4n) is 2.93. The van der Waals surface area contributed by atoms with Gasteiger partial charge >= 0.3 is 0 Å². The van der Waals surface area contributed by atoms with Crippen LogP contribution in [-0.2, 0) is 13.0 Å². The number of piperidine rings is 1. The van der Waals surface area contributed by atoms with Gasteiger partial charge in [-0.05, 0) is 37.6 Å². The van der Waals surface area contributed by atoms with Crippen LogP contribution in [-0.4, -0.2) is 24.6 Å². The monoisotopic (exact) mass is 309 g/mol. The van der Waals surface area contributed by atoms with Gasteiger partial charge in [0.1, 0.15) is 0 Å². The van der Waals surface area contributed by atoms with Crippen molar-refractivity contribution in [3.63, 3.8) is 0 Å². The van der Waals surface area contributed by atoms with Crippen molar-refractivity contribution < 1.29 is 0 Å². The molecular formula is C17H31N3S. The topological polar surface area (TPSA) is 28.2 Å². The first-order valence-electron chi connectivity index (χ1n) is 8.58. The molecule has 1 N–H and O–H groups in total. The zero-order chi connectivity index (χ0) is 15.2. The molecule has 2 heterocycles. The zero-order valence-electron chi connectivity index (χ0n) is 14.1. The Bertz CT molecular complexity index is 420. The molecule has 0 saturated carbocycles. The van der Waals surface area contributed by atoms with Crippen LogP contribution in [0.2, 0.25) is 0 Å². The SMILES string of the molecule is CCc1nc(N2CCC(CC)CC2)sc1CNCC(C)C. The summed E-state index contributed by atoms with van der Waals surface area (Å²) in [5.41, 5.74) is 1.30. The van der Waals surface area contributed by atoms with Gasteiger partial charge in [0.05, 0.1) is 5.69 Å². The van der Waals surface area contributed by atoms with Crippen molar-refractivity contribution in [3.8, 4) is 0 Å². The fourth-order valence-corrected chi connectivity index (χ4v) is 4.10. The van der Waals surface area contributed by atoms with Crippen molar-refractivity contribution in [2.75, 3.05) is 24.5 Å². The summed E-state index contributed by atoms with van der Waals surface area (Å²) in [6, 6.07) is 0. The van der Waals surface area contributed by atoms with Crippen LogP contribution in [0, 0.1) is 11.8 Å². The van der Waals surface area contributed by atoms with E-state index >= 15 is 0 Å². The third-order valence-electron chi connectivity index (χ3n) is 4.40. The Morgan fingerprint density at radius 1 is 1.29 bits per heavy atom. The summed E-state index contributed by atoms with van der Waals surface area (Å²) in [6.45, 7) is 13.5. The molecule has 0 radical (unpaired) electrons. The highest BCUT2D eigenvalue weighted by atomic mass is 32.1. The first-order valence-corrected chi connectivity index (χ1v) is 9.39. The molecule has 4 heteroatoms. The normalized spacial score (nSPS) is 16.9. The van der Waals surface area contributed by atoms with Crippen molar-refractivity contribution >= 4 is 16.5 Å². The molecular weight excluding hydrogens is 278 g/mol. The highest BCUT2D eigenvalue weighted by Crippen LogP contribution is 2.30. The predicted molar refractivity (Wildman–Crippen MR) is 93.3 cm³/mol. The van der Waals surface area contributed by atoms with E-state index in [-0.39, 0.29) is 0 Å². The van der Waals surface area contributed by atoms with Gasteiger partial charge in [-0.3, -0.25) is 0 Å². The Labute approximate surface area is 134 Å². The minimum absolute atomic E-state index is 0.704. The van der Waals surface area contributed by atoms with Crippen LogP contribution >= 0.6 is 11.3 Å². The summed E-state index contributed by atoms with van der Waals surface area (Å²) in [7, 11) is 0. The van der Waals surface area contributed by atoms with Gasteiger partial charge in [-0.2, -0.15) is 0 Å². The molecule has 1 aromatic heterocycles. The Hall–Kier alpha value is -0.610. The van der Waals surface area contributed by atoms with Crippen LogP contribution in [0.5, 0.6) is 0 Å². The largest absolute Gasteiger partial charge is 0.348 e. The van der Waals surface area contributed by atoms with Gasteiger partial charge in [-0.25, -0.2) is 4.98 Å². The Kier molecular flexibility index (Phi) is 6.49. The lowest BCUT2D eigenvalue weighted by Gasteiger charge is -2.31. The number of hydrogen-bond donors (Lipinski definition) is 1. The van der Waals surface area contributed by atoms with E-state index in [1.165, 1.54) is 48.1 Å². The fraction of sp³-hybridized carbons (Fsp3) is 0.824. The zero-order valence-corrected chi connectivity index (χ0v) is 14.9. The maximum atomic E-state index is 4.91. The van der Waals surface area contributed by atoms with Crippen molar-refractivity contribution in [3.05, 3.63) is 10.6 Å². The smallest absolute Gasteiger partial charge is 0.185 e. The minimum atomic E-state index is 0.704. The van der Waals surface area contributed by atoms with Crippen LogP contribution in [0.3, 0.4) is 0 Å². The number of anilines is 1. The molecule has 1 aliphatic rings. The maximum Gasteiger partial charge on any atom is 0.185 e. The van der Waals surface area contributed by atoms with E-state index in [0.717, 1.165) is 25.4 Å². The second-order valence-electron chi connectivity index (χ2n) is 6.58. The molecule has 1 fully saturated rings. The van der Waals surface area contributed by atoms with E-state index in [1.807, 2.05) is 11.3 Å². The number of hydrogen-bond acceptors (Lipinski definition) is 4. The molecule has 21 heavy (non-hydrogen) atoms. The Morgan fingerprint density at radius 2 is 2.00 bits per heavy atom. The molecule has 2 rings (SSSR count). The highest BCUT2D eigenvalue weighted by Gasteiger charge is 2.21. The molecule has 3 nitrogen and oxygen atoms in total. The van der Waals surface area contributed by atoms with E-state index < -0.39 is 0 Å².